The third-order valence-corrected chi connectivity index (χ3v) is 7.72. The summed E-state index contributed by atoms with van der Waals surface area (Å²) in [5, 5.41) is 8.28. The maximum atomic E-state index is 2.48. The second-order valence-electron chi connectivity index (χ2n) is 9.75. The van der Waals surface area contributed by atoms with Crippen LogP contribution in [0, 0.1) is 0 Å². The van der Waals surface area contributed by atoms with Crippen molar-refractivity contribution in [3.05, 3.63) is 114 Å². The van der Waals surface area contributed by atoms with E-state index in [1.165, 1.54) is 59.8 Å². The van der Waals surface area contributed by atoms with Gasteiger partial charge in [-0.2, -0.15) is 0 Å². The molecule has 0 bridgehead atoms. The van der Waals surface area contributed by atoms with Gasteiger partial charge in [0.05, 0.1) is 0 Å². The molecule has 0 nitrogen and oxygen atoms in total. The number of fused-ring (bicyclic) bond motifs is 1. The first-order chi connectivity index (χ1) is 15.6. The molecule has 1 aliphatic heterocycles. The first-order valence-corrected chi connectivity index (χ1v) is 11.5. The lowest BCUT2D eigenvalue weighted by Gasteiger charge is -2.29. The number of benzene rings is 6. The molecular weight excluding hydrogens is 383 g/mol. The van der Waals surface area contributed by atoms with Crippen molar-refractivity contribution in [3.8, 4) is 0 Å². The monoisotopic (exact) mass is 406 g/mol. The van der Waals surface area contributed by atoms with Crippen LogP contribution in [0.5, 0.6) is 0 Å². The zero-order valence-corrected chi connectivity index (χ0v) is 18.4. The lowest BCUT2D eigenvalue weighted by Crippen LogP contribution is -2.53. The molecule has 0 atom stereocenters. The van der Waals surface area contributed by atoms with Crippen LogP contribution >= 0.6 is 0 Å². The van der Waals surface area contributed by atoms with E-state index in [0.717, 1.165) is 0 Å². The minimum Gasteiger partial charge on any atom is -0.0686 e. The second-order valence-corrected chi connectivity index (χ2v) is 9.75. The zero-order chi connectivity index (χ0) is 21.4. The molecule has 1 heterocycles. The fourth-order valence-electron chi connectivity index (χ4n) is 6.27. The van der Waals surface area contributed by atoms with Gasteiger partial charge in [-0.15, -0.1) is 0 Å². The first kappa shape index (κ1) is 18.0. The van der Waals surface area contributed by atoms with Crippen LogP contribution < -0.4 is 16.4 Å². The van der Waals surface area contributed by atoms with Crippen LogP contribution in [0.4, 0.5) is 0 Å². The van der Waals surface area contributed by atoms with Gasteiger partial charge in [0.2, 0.25) is 6.71 Å². The SMILES string of the molecule is CC1(C)c2ccccc2B(c2ccccc2)c2cc3cccc4ccc5ccc1c2c5c43. The molecule has 0 saturated carbocycles. The smallest absolute Gasteiger partial charge is 0.0686 e. The van der Waals surface area contributed by atoms with Gasteiger partial charge in [-0.1, -0.05) is 133 Å². The standard InChI is InChI=1S/C31H23B/c1-31(2)24-13-6-7-14-26(24)32(23-11-4-3-5-12-23)27-19-22-10-8-9-20-15-16-21-17-18-25(31)30(27)29(21)28(20)22/h3-19H,1-2H3. The highest BCUT2D eigenvalue weighted by atomic mass is 14.3. The van der Waals surface area contributed by atoms with Crippen LogP contribution in [0.2, 0.25) is 0 Å². The minimum absolute atomic E-state index is 0.0861. The van der Waals surface area contributed by atoms with Crippen molar-refractivity contribution in [2.75, 3.05) is 0 Å². The fourth-order valence-corrected chi connectivity index (χ4v) is 6.27. The maximum Gasteiger partial charge on any atom is 0.242 e. The van der Waals surface area contributed by atoms with Crippen LogP contribution in [0.15, 0.2) is 103 Å². The van der Waals surface area contributed by atoms with Crippen molar-refractivity contribution in [2.24, 2.45) is 0 Å². The minimum atomic E-state index is -0.0861. The molecule has 6 aromatic carbocycles. The molecule has 0 saturated heterocycles. The Hall–Kier alpha value is -3.58. The highest BCUT2D eigenvalue weighted by molar-refractivity contribution is 6.97. The van der Waals surface area contributed by atoms with Gasteiger partial charge in [-0.05, 0) is 43.4 Å². The number of hydrogen-bond donors (Lipinski definition) is 0. The summed E-state index contributed by atoms with van der Waals surface area (Å²) in [5.41, 5.74) is 6.99. The van der Waals surface area contributed by atoms with Gasteiger partial charge >= 0.3 is 0 Å². The van der Waals surface area contributed by atoms with Gasteiger partial charge < -0.3 is 0 Å². The van der Waals surface area contributed by atoms with Crippen molar-refractivity contribution >= 4 is 55.4 Å². The second kappa shape index (κ2) is 6.23. The Morgan fingerprint density at radius 3 is 2.03 bits per heavy atom. The van der Waals surface area contributed by atoms with Crippen LogP contribution in [0.3, 0.4) is 0 Å². The Labute approximate surface area is 188 Å². The van der Waals surface area contributed by atoms with Gasteiger partial charge in [-0.25, -0.2) is 0 Å². The zero-order valence-electron chi connectivity index (χ0n) is 18.4. The first-order valence-electron chi connectivity index (χ1n) is 11.5. The Bertz CT molecular complexity index is 1640. The fraction of sp³-hybridized carbons (Fsp3) is 0.0968. The molecule has 0 aliphatic carbocycles. The molecule has 150 valence electrons. The molecule has 0 radical (unpaired) electrons. The highest BCUT2D eigenvalue weighted by Gasteiger charge is 2.38. The van der Waals surface area contributed by atoms with E-state index in [4.69, 9.17) is 0 Å². The Balaban J connectivity index is 1.77. The van der Waals surface area contributed by atoms with Crippen LogP contribution in [-0.4, -0.2) is 6.71 Å². The molecule has 0 N–H and O–H groups in total. The maximum absolute atomic E-state index is 2.48. The molecule has 1 aliphatic rings. The summed E-state index contributed by atoms with van der Waals surface area (Å²) in [4.78, 5) is 0. The number of hydrogen-bond acceptors (Lipinski definition) is 0. The van der Waals surface area contributed by atoms with Gasteiger partial charge in [0.1, 0.15) is 0 Å². The predicted molar refractivity (Wildman–Crippen MR) is 140 cm³/mol. The van der Waals surface area contributed by atoms with Crippen LogP contribution in [-0.2, 0) is 5.41 Å². The van der Waals surface area contributed by atoms with E-state index in [9.17, 15) is 0 Å². The van der Waals surface area contributed by atoms with E-state index in [2.05, 4.69) is 117 Å². The summed E-state index contributed by atoms with van der Waals surface area (Å²) in [6.45, 7) is 5.01. The third-order valence-electron chi connectivity index (χ3n) is 7.72. The highest BCUT2D eigenvalue weighted by Crippen LogP contribution is 2.42. The molecular formula is C31H23B. The van der Waals surface area contributed by atoms with Crippen LogP contribution in [0.25, 0.3) is 32.3 Å². The van der Waals surface area contributed by atoms with Crippen molar-refractivity contribution in [1.29, 1.82) is 0 Å². The summed E-state index contributed by atoms with van der Waals surface area (Å²) in [7, 11) is 0. The molecule has 6 aromatic rings. The van der Waals surface area contributed by atoms with Gasteiger partial charge in [0.25, 0.3) is 0 Å². The van der Waals surface area contributed by atoms with E-state index in [1.807, 2.05) is 0 Å². The van der Waals surface area contributed by atoms with Crippen molar-refractivity contribution in [2.45, 2.75) is 19.3 Å². The molecule has 1 heteroatoms. The average molecular weight is 406 g/mol. The van der Waals surface area contributed by atoms with Gasteiger partial charge in [0.15, 0.2) is 0 Å². The topological polar surface area (TPSA) is 0 Å². The predicted octanol–water partition coefficient (Wildman–Crippen LogP) is 5.74. The van der Waals surface area contributed by atoms with Crippen molar-refractivity contribution < 1.29 is 0 Å². The average Bonchev–Trinajstić information content (AvgIpc) is 2.91. The molecule has 0 aromatic heterocycles. The quantitative estimate of drug-likeness (QED) is 0.241. The number of rotatable bonds is 1. The lowest BCUT2D eigenvalue weighted by molar-refractivity contribution is 0.652. The van der Waals surface area contributed by atoms with E-state index in [-0.39, 0.29) is 12.1 Å². The molecule has 0 amide bonds. The summed E-state index contributed by atoms with van der Waals surface area (Å²) in [5.74, 6) is 0. The van der Waals surface area contributed by atoms with E-state index >= 15 is 0 Å². The molecule has 0 spiro atoms. The van der Waals surface area contributed by atoms with Crippen molar-refractivity contribution in [3.63, 3.8) is 0 Å². The largest absolute Gasteiger partial charge is 0.242 e. The molecule has 32 heavy (non-hydrogen) atoms. The van der Waals surface area contributed by atoms with E-state index in [1.54, 1.807) is 0 Å². The lowest BCUT2D eigenvalue weighted by atomic mass is 9.35. The van der Waals surface area contributed by atoms with Crippen molar-refractivity contribution in [1.82, 2.24) is 0 Å². The summed E-state index contributed by atoms with van der Waals surface area (Å²) >= 11 is 0. The molecule has 0 fully saturated rings. The molecule has 0 unspecified atom stereocenters. The van der Waals surface area contributed by atoms with E-state index in [0.29, 0.717) is 0 Å². The Morgan fingerprint density at radius 2 is 1.19 bits per heavy atom. The molecule has 7 rings (SSSR count). The Morgan fingerprint density at radius 1 is 0.500 bits per heavy atom. The summed E-state index contributed by atoms with van der Waals surface area (Å²) in [6, 6.07) is 38.6. The third kappa shape index (κ3) is 2.23. The Kier molecular flexibility index (Phi) is 3.51. The van der Waals surface area contributed by atoms with E-state index < -0.39 is 0 Å². The normalized spacial score (nSPS) is 14.8. The summed E-state index contributed by atoms with van der Waals surface area (Å²) < 4.78 is 0. The summed E-state index contributed by atoms with van der Waals surface area (Å²) in [6.07, 6.45) is 0. The van der Waals surface area contributed by atoms with Crippen LogP contribution in [0.1, 0.15) is 25.0 Å². The van der Waals surface area contributed by atoms with Gasteiger partial charge in [-0.3, -0.25) is 0 Å². The van der Waals surface area contributed by atoms with Gasteiger partial charge in [0, 0.05) is 5.41 Å².